The van der Waals surface area contributed by atoms with E-state index in [-0.39, 0.29) is 0 Å². The molecule has 0 rings (SSSR count). The Hall–Kier alpha value is 0.290. The summed E-state index contributed by atoms with van der Waals surface area (Å²) in [6, 6.07) is 0. The molecule has 0 aromatic rings. The van der Waals surface area contributed by atoms with E-state index in [0.717, 1.165) is 12.3 Å². The van der Waals surface area contributed by atoms with E-state index in [9.17, 15) is 0 Å². The number of alkyl halides is 1. The van der Waals surface area contributed by atoms with E-state index in [1.54, 1.807) is 0 Å². The van der Waals surface area contributed by atoms with Gasteiger partial charge in [-0.25, -0.2) is 0 Å². The predicted octanol–water partition coefficient (Wildman–Crippen LogP) is 4.61. The molecule has 0 saturated heterocycles. The number of unbranched alkanes of at least 4 members (excludes halogenated alkanes) is 2. The quantitative estimate of drug-likeness (QED) is 0.406. The largest absolute Gasteiger partial charge is 0.123 e. The van der Waals surface area contributed by atoms with Gasteiger partial charge in [-0.2, -0.15) is 0 Å². The van der Waals surface area contributed by atoms with Gasteiger partial charge in [-0.15, -0.1) is 11.6 Å². The molecule has 1 unspecified atom stereocenters. The van der Waals surface area contributed by atoms with Crippen molar-refractivity contribution in [3.8, 4) is 0 Å². The SMILES string of the molecule is CCC(Cl)CCCCCC(C)C. The van der Waals surface area contributed by atoms with Gasteiger partial charge in [-0.1, -0.05) is 46.5 Å². The highest BCUT2D eigenvalue weighted by atomic mass is 35.5. The van der Waals surface area contributed by atoms with Gasteiger partial charge >= 0.3 is 0 Å². The highest BCUT2D eigenvalue weighted by molar-refractivity contribution is 6.20. The zero-order valence-corrected chi connectivity index (χ0v) is 9.53. The van der Waals surface area contributed by atoms with Crippen LogP contribution in [0, 0.1) is 5.92 Å². The van der Waals surface area contributed by atoms with Crippen molar-refractivity contribution in [3.05, 3.63) is 0 Å². The van der Waals surface area contributed by atoms with Crippen molar-refractivity contribution in [2.45, 2.75) is 64.7 Å². The summed E-state index contributed by atoms with van der Waals surface area (Å²) in [6.07, 6.45) is 7.75. The third-order valence-electron chi connectivity index (χ3n) is 2.24. The minimum absolute atomic E-state index is 0.420. The maximum absolute atomic E-state index is 6.01. The van der Waals surface area contributed by atoms with Gasteiger partial charge in [0.25, 0.3) is 0 Å². The van der Waals surface area contributed by atoms with Crippen molar-refractivity contribution in [2.24, 2.45) is 5.92 Å². The Morgan fingerprint density at radius 1 is 1.00 bits per heavy atom. The standard InChI is InChI=1S/C11H23Cl/c1-4-11(12)9-7-5-6-8-10(2)3/h10-11H,4-9H2,1-3H3. The van der Waals surface area contributed by atoms with E-state index in [1.807, 2.05) is 0 Å². The normalized spacial score (nSPS) is 13.8. The van der Waals surface area contributed by atoms with Crippen LogP contribution in [0.3, 0.4) is 0 Å². The van der Waals surface area contributed by atoms with E-state index >= 15 is 0 Å². The summed E-state index contributed by atoms with van der Waals surface area (Å²) in [7, 11) is 0. The topological polar surface area (TPSA) is 0 Å². The van der Waals surface area contributed by atoms with Crippen LogP contribution >= 0.6 is 11.6 Å². The molecular weight excluding hydrogens is 168 g/mol. The molecule has 74 valence electrons. The molecule has 0 bridgehead atoms. The summed E-state index contributed by atoms with van der Waals surface area (Å²) in [5.74, 6) is 0.864. The van der Waals surface area contributed by atoms with Crippen LogP contribution in [0.25, 0.3) is 0 Å². The minimum Gasteiger partial charge on any atom is -0.123 e. The molecule has 12 heavy (non-hydrogen) atoms. The summed E-state index contributed by atoms with van der Waals surface area (Å²) in [5.41, 5.74) is 0. The molecule has 0 amide bonds. The summed E-state index contributed by atoms with van der Waals surface area (Å²) in [5, 5.41) is 0.420. The average Bonchev–Trinajstić information content (AvgIpc) is 2.03. The summed E-state index contributed by atoms with van der Waals surface area (Å²) < 4.78 is 0. The second-order valence-corrected chi connectivity index (χ2v) is 4.65. The summed E-state index contributed by atoms with van der Waals surface area (Å²) in [4.78, 5) is 0. The molecule has 0 aromatic heterocycles. The monoisotopic (exact) mass is 190 g/mol. The first-order valence-electron chi connectivity index (χ1n) is 5.30. The van der Waals surface area contributed by atoms with Crippen molar-refractivity contribution in [1.29, 1.82) is 0 Å². The second-order valence-electron chi connectivity index (χ2n) is 4.04. The van der Waals surface area contributed by atoms with E-state index in [0.29, 0.717) is 5.38 Å². The van der Waals surface area contributed by atoms with Gasteiger partial charge in [0.2, 0.25) is 0 Å². The smallest absolute Gasteiger partial charge is 0.0333 e. The van der Waals surface area contributed by atoms with Crippen molar-refractivity contribution in [3.63, 3.8) is 0 Å². The Kier molecular flexibility index (Phi) is 8.11. The van der Waals surface area contributed by atoms with Crippen LogP contribution in [0.15, 0.2) is 0 Å². The van der Waals surface area contributed by atoms with Crippen molar-refractivity contribution in [1.82, 2.24) is 0 Å². The molecule has 0 fully saturated rings. The molecule has 1 atom stereocenters. The first-order valence-corrected chi connectivity index (χ1v) is 5.74. The van der Waals surface area contributed by atoms with E-state index in [2.05, 4.69) is 20.8 Å². The fourth-order valence-corrected chi connectivity index (χ4v) is 1.45. The Labute approximate surface area is 82.7 Å². The van der Waals surface area contributed by atoms with Gasteiger partial charge < -0.3 is 0 Å². The summed E-state index contributed by atoms with van der Waals surface area (Å²) in [6.45, 7) is 6.73. The first kappa shape index (κ1) is 12.3. The fraction of sp³-hybridized carbons (Fsp3) is 1.00. The highest BCUT2D eigenvalue weighted by Gasteiger charge is 2.00. The molecule has 0 nitrogen and oxygen atoms in total. The molecule has 0 spiro atoms. The Morgan fingerprint density at radius 3 is 2.08 bits per heavy atom. The van der Waals surface area contributed by atoms with E-state index in [1.165, 1.54) is 32.1 Å². The molecule has 0 radical (unpaired) electrons. The highest BCUT2D eigenvalue weighted by Crippen LogP contribution is 2.14. The Balaban J connectivity index is 3.00. The van der Waals surface area contributed by atoms with Crippen LogP contribution in [0.4, 0.5) is 0 Å². The lowest BCUT2D eigenvalue weighted by atomic mass is 10.0. The van der Waals surface area contributed by atoms with Gasteiger partial charge in [-0.3, -0.25) is 0 Å². The molecule has 1 heteroatoms. The number of hydrogen-bond acceptors (Lipinski definition) is 0. The first-order chi connectivity index (χ1) is 5.66. The molecule has 0 aliphatic rings. The molecule has 0 heterocycles. The zero-order valence-electron chi connectivity index (χ0n) is 8.78. The minimum atomic E-state index is 0.420. The molecule has 0 aromatic carbocycles. The van der Waals surface area contributed by atoms with Gasteiger partial charge in [-0.05, 0) is 18.8 Å². The number of halogens is 1. The summed E-state index contributed by atoms with van der Waals surface area (Å²) >= 11 is 6.01. The van der Waals surface area contributed by atoms with Gasteiger partial charge in [0, 0.05) is 5.38 Å². The predicted molar refractivity (Wildman–Crippen MR) is 57.9 cm³/mol. The lowest BCUT2D eigenvalue weighted by molar-refractivity contribution is 0.515. The Morgan fingerprint density at radius 2 is 1.58 bits per heavy atom. The lowest BCUT2D eigenvalue weighted by Gasteiger charge is -2.06. The third kappa shape index (κ3) is 8.39. The third-order valence-corrected chi connectivity index (χ3v) is 2.77. The Bertz CT molecular complexity index is 89.0. The van der Waals surface area contributed by atoms with Crippen LogP contribution < -0.4 is 0 Å². The van der Waals surface area contributed by atoms with E-state index in [4.69, 9.17) is 11.6 Å². The molecule has 0 aliphatic carbocycles. The average molecular weight is 191 g/mol. The lowest BCUT2D eigenvalue weighted by Crippen LogP contribution is -1.95. The maximum atomic E-state index is 6.01. The van der Waals surface area contributed by atoms with Crippen molar-refractivity contribution >= 4 is 11.6 Å². The van der Waals surface area contributed by atoms with Crippen LogP contribution in [0.2, 0.25) is 0 Å². The van der Waals surface area contributed by atoms with Crippen LogP contribution in [0.1, 0.15) is 59.3 Å². The second kappa shape index (κ2) is 7.91. The number of hydrogen-bond donors (Lipinski definition) is 0. The van der Waals surface area contributed by atoms with Gasteiger partial charge in [0.05, 0.1) is 0 Å². The van der Waals surface area contributed by atoms with Gasteiger partial charge in [0.1, 0.15) is 0 Å². The van der Waals surface area contributed by atoms with Crippen molar-refractivity contribution < 1.29 is 0 Å². The maximum Gasteiger partial charge on any atom is 0.0333 e. The van der Waals surface area contributed by atoms with E-state index < -0.39 is 0 Å². The van der Waals surface area contributed by atoms with Crippen LogP contribution in [0.5, 0.6) is 0 Å². The fourth-order valence-electron chi connectivity index (χ4n) is 1.30. The van der Waals surface area contributed by atoms with Crippen molar-refractivity contribution in [2.75, 3.05) is 0 Å². The zero-order chi connectivity index (χ0) is 9.40. The molecule has 0 aliphatic heterocycles. The molecule has 0 saturated carbocycles. The molecule has 0 N–H and O–H groups in total. The number of rotatable bonds is 7. The van der Waals surface area contributed by atoms with Crippen LogP contribution in [-0.4, -0.2) is 5.38 Å². The van der Waals surface area contributed by atoms with Crippen LogP contribution in [-0.2, 0) is 0 Å². The van der Waals surface area contributed by atoms with Gasteiger partial charge in [0.15, 0.2) is 0 Å². The molecular formula is C11H23Cl.